The minimum atomic E-state index is -0.831. The standard InChI is InChI=1S/C18H22ClN3O3/c1-12-5-2-3-8-18(12)16(24)22(17(25)21-18)11-15(23)20-10-13-6-4-7-14(19)9-13/h4,6-7,9,12H,2-3,5,8,10-11H2,1H3,(H,20,23)(H,21,25)/t12-,18-/m0/s1. The average molecular weight is 364 g/mol. The summed E-state index contributed by atoms with van der Waals surface area (Å²) >= 11 is 5.91. The first-order chi connectivity index (χ1) is 11.9. The maximum Gasteiger partial charge on any atom is 0.325 e. The van der Waals surface area contributed by atoms with E-state index in [0.29, 0.717) is 18.0 Å². The van der Waals surface area contributed by atoms with Gasteiger partial charge in [-0.05, 0) is 36.5 Å². The number of urea groups is 1. The third kappa shape index (κ3) is 3.49. The summed E-state index contributed by atoms with van der Waals surface area (Å²) in [5.41, 5.74) is 0.0261. The summed E-state index contributed by atoms with van der Waals surface area (Å²) in [5, 5.41) is 6.16. The molecule has 2 atom stereocenters. The second kappa shape index (κ2) is 7.04. The number of nitrogens with one attached hydrogen (secondary N) is 2. The molecule has 4 amide bonds. The van der Waals surface area contributed by atoms with Gasteiger partial charge in [0.05, 0.1) is 0 Å². The highest BCUT2D eigenvalue weighted by Gasteiger charge is 2.55. The molecule has 134 valence electrons. The monoisotopic (exact) mass is 363 g/mol. The van der Waals surface area contributed by atoms with E-state index in [2.05, 4.69) is 10.6 Å². The number of rotatable bonds is 4. The van der Waals surface area contributed by atoms with E-state index in [1.54, 1.807) is 18.2 Å². The Morgan fingerprint density at radius 3 is 2.92 bits per heavy atom. The predicted octanol–water partition coefficient (Wildman–Crippen LogP) is 2.46. The third-order valence-corrected chi connectivity index (χ3v) is 5.42. The fourth-order valence-electron chi connectivity index (χ4n) is 3.69. The molecule has 25 heavy (non-hydrogen) atoms. The van der Waals surface area contributed by atoms with Crippen LogP contribution in [0.2, 0.25) is 5.02 Å². The first kappa shape index (κ1) is 17.7. The lowest BCUT2D eigenvalue weighted by Crippen LogP contribution is -2.54. The van der Waals surface area contributed by atoms with Crippen molar-refractivity contribution in [2.45, 2.75) is 44.7 Å². The topological polar surface area (TPSA) is 78.5 Å². The van der Waals surface area contributed by atoms with Crippen LogP contribution >= 0.6 is 11.6 Å². The first-order valence-electron chi connectivity index (χ1n) is 8.57. The number of carbonyl (C=O) groups excluding carboxylic acids is 3. The summed E-state index contributed by atoms with van der Waals surface area (Å²) in [7, 11) is 0. The van der Waals surface area contributed by atoms with Crippen LogP contribution < -0.4 is 10.6 Å². The Labute approximate surface area is 151 Å². The number of nitrogens with zero attached hydrogens (tertiary/aromatic N) is 1. The number of benzene rings is 1. The zero-order chi connectivity index (χ0) is 18.0. The second-order valence-corrected chi connectivity index (χ2v) is 7.28. The van der Waals surface area contributed by atoms with Crippen LogP contribution in [0, 0.1) is 5.92 Å². The molecule has 1 spiro atoms. The molecule has 1 aliphatic heterocycles. The molecule has 0 radical (unpaired) electrons. The van der Waals surface area contributed by atoms with E-state index in [-0.39, 0.29) is 24.3 Å². The van der Waals surface area contributed by atoms with Gasteiger partial charge in [-0.1, -0.05) is 43.5 Å². The minimum Gasteiger partial charge on any atom is -0.350 e. The largest absolute Gasteiger partial charge is 0.350 e. The molecule has 1 aromatic rings. The Morgan fingerprint density at radius 1 is 1.40 bits per heavy atom. The van der Waals surface area contributed by atoms with Crippen LogP contribution in [-0.4, -0.2) is 34.8 Å². The van der Waals surface area contributed by atoms with Gasteiger partial charge in [-0.2, -0.15) is 0 Å². The zero-order valence-electron chi connectivity index (χ0n) is 14.2. The maximum atomic E-state index is 12.8. The first-order valence-corrected chi connectivity index (χ1v) is 8.95. The number of carbonyl (C=O) groups is 3. The van der Waals surface area contributed by atoms with Gasteiger partial charge in [0.2, 0.25) is 5.91 Å². The van der Waals surface area contributed by atoms with Crippen LogP contribution in [0.25, 0.3) is 0 Å². The Morgan fingerprint density at radius 2 is 2.20 bits per heavy atom. The Balaban J connectivity index is 1.61. The van der Waals surface area contributed by atoms with Gasteiger partial charge in [0.15, 0.2) is 0 Å². The van der Waals surface area contributed by atoms with E-state index < -0.39 is 11.6 Å². The maximum absolute atomic E-state index is 12.8. The quantitative estimate of drug-likeness (QED) is 0.806. The number of imide groups is 1. The van der Waals surface area contributed by atoms with Gasteiger partial charge < -0.3 is 10.6 Å². The highest BCUT2D eigenvalue weighted by molar-refractivity contribution is 6.30. The van der Waals surface area contributed by atoms with E-state index in [4.69, 9.17) is 11.6 Å². The predicted molar refractivity (Wildman–Crippen MR) is 93.9 cm³/mol. The van der Waals surface area contributed by atoms with Crippen LogP contribution in [0.15, 0.2) is 24.3 Å². The van der Waals surface area contributed by atoms with Crippen molar-refractivity contribution in [2.24, 2.45) is 5.92 Å². The summed E-state index contributed by atoms with van der Waals surface area (Å²) in [6.07, 6.45) is 3.51. The number of halogens is 1. The smallest absolute Gasteiger partial charge is 0.325 e. The molecule has 1 saturated heterocycles. The Kier molecular flexibility index (Phi) is 4.99. The lowest BCUT2D eigenvalue weighted by molar-refractivity contribution is -0.137. The minimum absolute atomic E-state index is 0.0808. The van der Waals surface area contributed by atoms with Gasteiger partial charge in [0, 0.05) is 11.6 Å². The molecular formula is C18H22ClN3O3. The molecule has 3 rings (SSSR count). The van der Waals surface area contributed by atoms with Gasteiger partial charge in [-0.3, -0.25) is 14.5 Å². The van der Waals surface area contributed by atoms with Crippen molar-refractivity contribution in [3.8, 4) is 0 Å². The van der Waals surface area contributed by atoms with Gasteiger partial charge >= 0.3 is 6.03 Å². The van der Waals surface area contributed by atoms with Crippen LogP contribution in [0.3, 0.4) is 0 Å². The molecule has 6 nitrogen and oxygen atoms in total. The van der Waals surface area contributed by atoms with Crippen molar-refractivity contribution < 1.29 is 14.4 Å². The molecule has 2 aliphatic rings. The van der Waals surface area contributed by atoms with E-state index >= 15 is 0 Å². The van der Waals surface area contributed by atoms with E-state index in [0.717, 1.165) is 29.7 Å². The average Bonchev–Trinajstić information content (AvgIpc) is 2.81. The zero-order valence-corrected chi connectivity index (χ0v) is 14.9. The molecule has 0 bridgehead atoms. The van der Waals surface area contributed by atoms with Crippen molar-refractivity contribution in [3.63, 3.8) is 0 Å². The highest BCUT2D eigenvalue weighted by Crippen LogP contribution is 2.38. The van der Waals surface area contributed by atoms with Crippen LogP contribution in [0.5, 0.6) is 0 Å². The fraction of sp³-hybridized carbons (Fsp3) is 0.500. The van der Waals surface area contributed by atoms with Crippen LogP contribution in [0.1, 0.15) is 38.2 Å². The summed E-state index contributed by atoms with van der Waals surface area (Å²) in [6.45, 7) is 2.02. The molecule has 1 saturated carbocycles. The van der Waals surface area contributed by atoms with Crippen molar-refractivity contribution in [1.29, 1.82) is 0 Å². The van der Waals surface area contributed by atoms with Crippen molar-refractivity contribution >= 4 is 29.4 Å². The molecule has 2 fully saturated rings. The summed E-state index contributed by atoms with van der Waals surface area (Å²) in [5.74, 6) is -0.566. The van der Waals surface area contributed by atoms with Gasteiger partial charge in [0.25, 0.3) is 5.91 Å². The van der Waals surface area contributed by atoms with E-state index in [1.165, 1.54) is 0 Å². The van der Waals surface area contributed by atoms with Crippen LogP contribution in [0.4, 0.5) is 4.79 Å². The van der Waals surface area contributed by atoms with Crippen LogP contribution in [-0.2, 0) is 16.1 Å². The van der Waals surface area contributed by atoms with Crippen molar-refractivity contribution in [1.82, 2.24) is 15.5 Å². The molecule has 0 unspecified atom stereocenters. The van der Waals surface area contributed by atoms with E-state index in [9.17, 15) is 14.4 Å². The lowest BCUT2D eigenvalue weighted by Gasteiger charge is -2.36. The molecular weight excluding hydrogens is 342 g/mol. The Hall–Kier alpha value is -2.08. The Bertz CT molecular complexity index is 709. The van der Waals surface area contributed by atoms with Crippen molar-refractivity contribution in [3.05, 3.63) is 34.9 Å². The SMILES string of the molecule is C[C@H]1CCCC[C@]12NC(=O)N(CC(=O)NCc1cccc(Cl)c1)C2=O. The summed E-state index contributed by atoms with van der Waals surface area (Å²) < 4.78 is 0. The number of hydrogen-bond acceptors (Lipinski definition) is 3. The molecule has 1 aliphatic carbocycles. The van der Waals surface area contributed by atoms with Gasteiger partial charge in [0.1, 0.15) is 12.1 Å². The number of hydrogen-bond donors (Lipinski definition) is 2. The molecule has 7 heteroatoms. The van der Waals surface area contributed by atoms with Gasteiger partial charge in [-0.25, -0.2) is 4.79 Å². The lowest BCUT2D eigenvalue weighted by atomic mass is 9.73. The third-order valence-electron chi connectivity index (χ3n) is 5.18. The molecule has 0 aromatic heterocycles. The van der Waals surface area contributed by atoms with E-state index in [1.807, 2.05) is 13.0 Å². The molecule has 1 heterocycles. The normalized spacial score (nSPS) is 26.0. The highest BCUT2D eigenvalue weighted by atomic mass is 35.5. The molecule has 2 N–H and O–H groups in total. The van der Waals surface area contributed by atoms with Crippen molar-refractivity contribution in [2.75, 3.05) is 6.54 Å². The fourth-order valence-corrected chi connectivity index (χ4v) is 3.90. The summed E-state index contributed by atoms with van der Waals surface area (Å²) in [6, 6.07) is 6.68. The number of amides is 4. The summed E-state index contributed by atoms with van der Waals surface area (Å²) in [4.78, 5) is 38.3. The second-order valence-electron chi connectivity index (χ2n) is 6.85. The molecule has 1 aromatic carbocycles. The van der Waals surface area contributed by atoms with Gasteiger partial charge in [-0.15, -0.1) is 0 Å².